The van der Waals surface area contributed by atoms with Crippen LogP contribution >= 0.6 is 11.6 Å². The molecule has 0 spiro atoms. The van der Waals surface area contributed by atoms with Crippen LogP contribution in [0.1, 0.15) is 15.9 Å². The zero-order valence-corrected chi connectivity index (χ0v) is 16.3. The third-order valence-corrected chi connectivity index (χ3v) is 4.40. The highest BCUT2D eigenvalue weighted by atomic mass is 35.5. The van der Waals surface area contributed by atoms with Gasteiger partial charge in [-0.25, -0.2) is 4.79 Å². The van der Waals surface area contributed by atoms with E-state index in [0.29, 0.717) is 0 Å². The molecule has 1 aromatic rings. The van der Waals surface area contributed by atoms with Crippen molar-refractivity contribution in [1.29, 1.82) is 0 Å². The van der Waals surface area contributed by atoms with Crippen molar-refractivity contribution in [2.45, 2.75) is 47.6 Å². The Hall–Kier alpha value is -2.07. The molecular formula is C16H8ClF15O2. The lowest BCUT2D eigenvalue weighted by Gasteiger charge is -2.41. The molecule has 1 aromatic carbocycles. The van der Waals surface area contributed by atoms with E-state index in [0.717, 1.165) is 18.2 Å². The third-order valence-electron chi connectivity index (χ3n) is 4.09. The Bertz CT molecular complexity index is 895. The summed E-state index contributed by atoms with van der Waals surface area (Å²) in [6.45, 7) is -3.20. The Kier molecular flexibility index (Phi) is 7.81. The van der Waals surface area contributed by atoms with Crippen LogP contribution in [0, 0.1) is 0 Å². The highest BCUT2D eigenvalue weighted by Crippen LogP contribution is 2.62. The Morgan fingerprint density at radius 3 is 1.59 bits per heavy atom. The molecule has 2 nitrogen and oxygen atoms in total. The summed E-state index contributed by atoms with van der Waals surface area (Å²) in [6.07, 6.45) is -7.68. The number of benzene rings is 1. The fraction of sp³-hybridized carbons (Fsp3) is 0.562. The first-order chi connectivity index (χ1) is 14.9. The van der Waals surface area contributed by atoms with Gasteiger partial charge in [0.1, 0.15) is 0 Å². The molecule has 0 aliphatic rings. The van der Waals surface area contributed by atoms with Crippen LogP contribution in [0.25, 0.3) is 0 Å². The van der Waals surface area contributed by atoms with E-state index in [4.69, 9.17) is 11.6 Å². The molecule has 0 N–H and O–H groups in total. The SMILES string of the molecule is O=C(OCC(F)(F)C(F)(F)C(F)(F)C(F)(F)C(F)(F)C(F)(F)C(F)(F)F)c1cccc(CCl)c1. The van der Waals surface area contributed by atoms with Crippen molar-refractivity contribution in [1.82, 2.24) is 0 Å². The lowest BCUT2D eigenvalue weighted by molar-refractivity contribution is -0.453. The molecule has 0 saturated heterocycles. The summed E-state index contributed by atoms with van der Waals surface area (Å²) in [7, 11) is 0. The Morgan fingerprint density at radius 2 is 1.15 bits per heavy atom. The van der Waals surface area contributed by atoms with Crippen LogP contribution in [0.15, 0.2) is 24.3 Å². The average Bonchev–Trinajstić information content (AvgIpc) is 2.70. The van der Waals surface area contributed by atoms with E-state index in [1.54, 1.807) is 0 Å². The predicted molar refractivity (Wildman–Crippen MR) is 82.0 cm³/mol. The van der Waals surface area contributed by atoms with E-state index in [2.05, 4.69) is 4.74 Å². The number of carbonyl (C=O) groups is 1. The maximum absolute atomic E-state index is 13.7. The van der Waals surface area contributed by atoms with Crippen molar-refractivity contribution in [2.75, 3.05) is 6.61 Å². The zero-order valence-electron chi connectivity index (χ0n) is 15.6. The highest BCUT2D eigenvalue weighted by Gasteiger charge is 2.93. The smallest absolute Gasteiger partial charge is 0.455 e. The molecule has 196 valence electrons. The summed E-state index contributed by atoms with van der Waals surface area (Å²) < 4.78 is 200. The minimum atomic E-state index is -8.40. The van der Waals surface area contributed by atoms with Crippen LogP contribution in [0.3, 0.4) is 0 Å². The standard InChI is InChI=1S/C16H8ClF15O2/c17-5-7-2-1-3-8(4-7)9(33)34-6-10(18,19)11(20,21)12(22,23)13(24,25)14(26,27)15(28,29)16(30,31)32/h1-4H,5-6H2. The Morgan fingerprint density at radius 1 is 0.706 bits per heavy atom. The molecule has 0 aliphatic heterocycles. The second kappa shape index (κ2) is 8.86. The number of ether oxygens (including phenoxy) is 1. The zero-order chi connectivity index (χ0) is 27.2. The maximum atomic E-state index is 13.7. The molecule has 18 heteroatoms. The van der Waals surface area contributed by atoms with Crippen molar-refractivity contribution in [3.8, 4) is 0 Å². The molecule has 0 atom stereocenters. The van der Waals surface area contributed by atoms with Gasteiger partial charge in [-0.3, -0.25) is 0 Å². The lowest BCUT2D eigenvalue weighted by atomic mass is 9.91. The summed E-state index contributed by atoms with van der Waals surface area (Å²) in [5.74, 6) is -49.7. The molecule has 0 heterocycles. The van der Waals surface area contributed by atoms with Gasteiger partial charge in [0, 0.05) is 5.88 Å². The molecule has 0 unspecified atom stereocenters. The number of hydrogen-bond donors (Lipinski definition) is 0. The van der Waals surface area contributed by atoms with Gasteiger partial charge < -0.3 is 4.74 Å². The summed E-state index contributed by atoms with van der Waals surface area (Å²) >= 11 is 5.39. The second-order valence-corrected chi connectivity index (χ2v) is 6.75. The van der Waals surface area contributed by atoms with Crippen molar-refractivity contribution < 1.29 is 75.4 Å². The van der Waals surface area contributed by atoms with Gasteiger partial charge in [0.2, 0.25) is 0 Å². The van der Waals surface area contributed by atoms with Crippen molar-refractivity contribution in [3.05, 3.63) is 35.4 Å². The summed E-state index contributed by atoms with van der Waals surface area (Å²) in [5, 5.41) is 0. The van der Waals surface area contributed by atoms with E-state index >= 15 is 0 Å². The summed E-state index contributed by atoms with van der Waals surface area (Å²) in [4.78, 5) is 11.6. The molecule has 0 amide bonds. The fourth-order valence-electron chi connectivity index (χ4n) is 2.11. The van der Waals surface area contributed by atoms with Crippen LogP contribution in [0.5, 0.6) is 0 Å². The first-order valence-electron chi connectivity index (χ1n) is 8.08. The molecule has 0 saturated carbocycles. The maximum Gasteiger partial charge on any atom is 0.460 e. The number of halogens is 16. The van der Waals surface area contributed by atoms with E-state index in [9.17, 15) is 70.7 Å². The first-order valence-corrected chi connectivity index (χ1v) is 8.61. The van der Waals surface area contributed by atoms with Gasteiger partial charge in [0.05, 0.1) is 5.56 Å². The molecule has 1 rings (SSSR count). The highest BCUT2D eigenvalue weighted by molar-refractivity contribution is 6.17. The molecule has 0 aromatic heterocycles. The fourth-order valence-corrected chi connectivity index (χ4v) is 2.28. The van der Waals surface area contributed by atoms with Gasteiger partial charge in [0.15, 0.2) is 6.61 Å². The van der Waals surface area contributed by atoms with Gasteiger partial charge in [-0.05, 0) is 17.7 Å². The van der Waals surface area contributed by atoms with Gasteiger partial charge in [-0.1, -0.05) is 12.1 Å². The van der Waals surface area contributed by atoms with Crippen molar-refractivity contribution in [2.24, 2.45) is 0 Å². The summed E-state index contributed by atoms with van der Waals surface area (Å²) in [5.41, 5.74) is -0.585. The number of esters is 1. The molecule has 0 bridgehead atoms. The van der Waals surface area contributed by atoms with Crippen LogP contribution in [0.4, 0.5) is 65.9 Å². The van der Waals surface area contributed by atoms with E-state index < -0.39 is 59.9 Å². The number of hydrogen-bond acceptors (Lipinski definition) is 2. The lowest BCUT2D eigenvalue weighted by Crippen LogP contribution is -2.73. The number of alkyl halides is 16. The van der Waals surface area contributed by atoms with E-state index in [1.165, 1.54) is 6.07 Å². The average molecular weight is 553 g/mol. The quantitative estimate of drug-likeness (QED) is 0.188. The number of carbonyl (C=O) groups excluding carboxylic acids is 1. The summed E-state index contributed by atoms with van der Waals surface area (Å²) in [6, 6.07) is 3.94. The van der Waals surface area contributed by atoms with Gasteiger partial charge in [-0.2, -0.15) is 65.9 Å². The van der Waals surface area contributed by atoms with E-state index in [1.807, 2.05) is 0 Å². The largest absolute Gasteiger partial charge is 0.460 e. The van der Waals surface area contributed by atoms with Gasteiger partial charge in [-0.15, -0.1) is 11.6 Å². The van der Waals surface area contributed by atoms with Gasteiger partial charge >= 0.3 is 47.7 Å². The Balaban J connectivity index is 3.31. The first kappa shape index (κ1) is 30.0. The molecule has 34 heavy (non-hydrogen) atoms. The van der Waals surface area contributed by atoms with Crippen molar-refractivity contribution >= 4 is 17.6 Å². The van der Waals surface area contributed by atoms with Crippen LogP contribution in [-0.4, -0.2) is 54.3 Å². The number of rotatable bonds is 9. The van der Waals surface area contributed by atoms with Crippen LogP contribution < -0.4 is 0 Å². The predicted octanol–water partition coefficient (Wildman–Crippen LogP) is 6.96. The molecular weight excluding hydrogens is 545 g/mol. The van der Waals surface area contributed by atoms with Crippen LogP contribution in [-0.2, 0) is 10.6 Å². The topological polar surface area (TPSA) is 26.3 Å². The minimum absolute atomic E-state index is 0.118. The van der Waals surface area contributed by atoms with Crippen LogP contribution in [0.2, 0.25) is 0 Å². The Labute approximate surface area is 183 Å². The van der Waals surface area contributed by atoms with Crippen molar-refractivity contribution in [3.63, 3.8) is 0 Å². The monoisotopic (exact) mass is 552 g/mol. The third kappa shape index (κ3) is 4.58. The molecule has 0 fully saturated rings. The normalized spacial score (nSPS) is 14.8. The molecule has 0 radical (unpaired) electrons. The molecule has 0 aliphatic carbocycles. The second-order valence-electron chi connectivity index (χ2n) is 6.48. The van der Waals surface area contributed by atoms with Gasteiger partial charge in [0.25, 0.3) is 0 Å². The van der Waals surface area contributed by atoms with E-state index in [-0.39, 0.29) is 11.4 Å². The minimum Gasteiger partial charge on any atom is -0.455 e.